The van der Waals surface area contributed by atoms with Crippen molar-refractivity contribution >= 4 is 0 Å². The molecular weight excluding hydrogens is 272 g/mol. The van der Waals surface area contributed by atoms with E-state index in [4.69, 9.17) is 0 Å². The molecule has 0 aromatic heterocycles. The van der Waals surface area contributed by atoms with Crippen LogP contribution in [-0.4, -0.2) is 16.8 Å². The summed E-state index contributed by atoms with van der Waals surface area (Å²) in [5, 5.41) is 20.1. The van der Waals surface area contributed by atoms with E-state index in [2.05, 4.69) is 38.2 Å². The summed E-state index contributed by atoms with van der Waals surface area (Å²) >= 11 is 0. The summed E-state index contributed by atoms with van der Waals surface area (Å²) < 4.78 is 0. The average molecular weight is 300 g/mol. The minimum atomic E-state index is 0.000378. The molecule has 0 aromatic carbocycles. The molecule has 120 valence electrons. The highest BCUT2D eigenvalue weighted by atomic mass is 16.3. The van der Waals surface area contributed by atoms with Crippen LogP contribution in [0.15, 0.2) is 35.6 Å². The average Bonchev–Trinajstić information content (AvgIpc) is 2.83. The Kier molecular flexibility index (Phi) is 3.14. The molecule has 6 atom stereocenters. The molecule has 2 saturated carbocycles. The van der Waals surface area contributed by atoms with Crippen molar-refractivity contribution in [1.29, 1.82) is 0 Å². The van der Waals surface area contributed by atoms with Gasteiger partial charge in [0.05, 0.1) is 0 Å². The molecule has 2 heteroatoms. The fourth-order valence-electron chi connectivity index (χ4n) is 6.30. The van der Waals surface area contributed by atoms with Crippen LogP contribution < -0.4 is 0 Å². The van der Waals surface area contributed by atoms with Gasteiger partial charge >= 0.3 is 0 Å². The molecule has 0 unspecified atom stereocenters. The highest BCUT2D eigenvalue weighted by molar-refractivity contribution is 5.42. The van der Waals surface area contributed by atoms with Gasteiger partial charge in [0, 0.05) is 18.4 Å². The van der Waals surface area contributed by atoms with Gasteiger partial charge in [-0.3, -0.25) is 0 Å². The van der Waals surface area contributed by atoms with Crippen molar-refractivity contribution in [3.05, 3.63) is 35.6 Å². The molecule has 4 rings (SSSR count). The lowest BCUT2D eigenvalue weighted by atomic mass is 9.49. The van der Waals surface area contributed by atoms with E-state index in [1.165, 1.54) is 25.7 Å². The van der Waals surface area contributed by atoms with Gasteiger partial charge in [0.1, 0.15) is 5.76 Å². The lowest BCUT2D eigenvalue weighted by Crippen LogP contribution is -2.48. The number of fused-ring (bicyclic) bond motifs is 5. The van der Waals surface area contributed by atoms with Crippen LogP contribution in [0.1, 0.15) is 46.0 Å². The van der Waals surface area contributed by atoms with Gasteiger partial charge in [0.15, 0.2) is 0 Å². The van der Waals surface area contributed by atoms with Crippen molar-refractivity contribution in [3.63, 3.8) is 0 Å². The maximum atomic E-state index is 10.3. The SMILES string of the molecule is C[C@]12CC[C@H]3[C@@H](C=CC4=C(O)CC=C[C@@]43C)[C@@H]1CC[C@H]2CO. The van der Waals surface area contributed by atoms with E-state index in [0.29, 0.717) is 47.9 Å². The molecule has 4 aliphatic carbocycles. The van der Waals surface area contributed by atoms with Crippen molar-refractivity contribution in [2.45, 2.75) is 46.0 Å². The van der Waals surface area contributed by atoms with Gasteiger partial charge < -0.3 is 10.2 Å². The number of hydrogen-bond acceptors (Lipinski definition) is 2. The number of allylic oxidation sites excluding steroid dienone is 5. The first-order valence-electron chi connectivity index (χ1n) is 8.90. The number of hydrogen-bond donors (Lipinski definition) is 2. The lowest BCUT2D eigenvalue weighted by molar-refractivity contribution is -0.0126. The van der Waals surface area contributed by atoms with Crippen LogP contribution in [0.5, 0.6) is 0 Å². The van der Waals surface area contributed by atoms with Crippen molar-refractivity contribution in [3.8, 4) is 0 Å². The Labute approximate surface area is 133 Å². The van der Waals surface area contributed by atoms with Gasteiger partial charge in [-0.1, -0.05) is 38.2 Å². The van der Waals surface area contributed by atoms with E-state index in [0.717, 1.165) is 5.57 Å². The molecule has 0 aromatic rings. The van der Waals surface area contributed by atoms with E-state index < -0.39 is 0 Å². The topological polar surface area (TPSA) is 40.5 Å². The van der Waals surface area contributed by atoms with E-state index in [1.807, 2.05) is 0 Å². The fraction of sp³-hybridized carbons (Fsp3) is 0.700. The zero-order valence-corrected chi connectivity index (χ0v) is 13.8. The Morgan fingerprint density at radius 3 is 2.77 bits per heavy atom. The van der Waals surface area contributed by atoms with Crippen molar-refractivity contribution < 1.29 is 10.2 Å². The molecule has 2 N–H and O–H groups in total. The monoisotopic (exact) mass is 300 g/mol. The van der Waals surface area contributed by atoms with E-state index in [-0.39, 0.29) is 5.41 Å². The Morgan fingerprint density at radius 1 is 1.18 bits per heavy atom. The molecule has 0 amide bonds. The van der Waals surface area contributed by atoms with Crippen LogP contribution in [0, 0.1) is 34.5 Å². The van der Waals surface area contributed by atoms with Gasteiger partial charge in [-0.15, -0.1) is 0 Å². The highest BCUT2D eigenvalue weighted by Crippen LogP contribution is 2.64. The third-order valence-corrected chi connectivity index (χ3v) is 7.67. The Morgan fingerprint density at radius 2 is 2.00 bits per heavy atom. The summed E-state index contributed by atoms with van der Waals surface area (Å²) in [6.45, 7) is 5.07. The van der Waals surface area contributed by atoms with Crippen molar-refractivity contribution in [2.75, 3.05) is 6.61 Å². The predicted molar refractivity (Wildman–Crippen MR) is 88.3 cm³/mol. The summed E-state index contributed by atoms with van der Waals surface area (Å²) in [6, 6.07) is 0. The van der Waals surface area contributed by atoms with Crippen LogP contribution in [0.4, 0.5) is 0 Å². The minimum Gasteiger partial charge on any atom is -0.512 e. The van der Waals surface area contributed by atoms with Crippen LogP contribution in [-0.2, 0) is 0 Å². The summed E-state index contributed by atoms with van der Waals surface area (Å²) in [5.41, 5.74) is 1.45. The van der Waals surface area contributed by atoms with Crippen molar-refractivity contribution in [2.24, 2.45) is 34.5 Å². The maximum Gasteiger partial charge on any atom is 0.100 e. The summed E-state index contributed by atoms with van der Waals surface area (Å²) in [5.74, 6) is 2.93. The smallest absolute Gasteiger partial charge is 0.100 e. The molecule has 4 aliphatic rings. The number of aliphatic hydroxyl groups excluding tert-OH is 2. The molecule has 0 heterocycles. The summed E-state index contributed by atoms with van der Waals surface area (Å²) in [4.78, 5) is 0. The molecule has 2 fully saturated rings. The summed E-state index contributed by atoms with van der Waals surface area (Å²) in [7, 11) is 0. The molecule has 22 heavy (non-hydrogen) atoms. The fourth-order valence-corrected chi connectivity index (χ4v) is 6.30. The quantitative estimate of drug-likeness (QED) is 0.705. The molecule has 0 spiro atoms. The van der Waals surface area contributed by atoms with Crippen LogP contribution in [0.3, 0.4) is 0 Å². The molecule has 0 saturated heterocycles. The third-order valence-electron chi connectivity index (χ3n) is 7.67. The second-order valence-corrected chi connectivity index (χ2v) is 8.40. The standard InChI is InChI=1S/C20H28O2/c1-19-11-9-16-14(15(19)7-5-13(19)12-21)6-8-17-18(22)4-3-10-20(16,17)2/h3,6,8,10,13-16,21-22H,4-5,7,9,11-12H2,1-2H3/t13-,14-,15-,16-,19+,20+/m0/s1. The first-order valence-corrected chi connectivity index (χ1v) is 8.90. The minimum absolute atomic E-state index is 0.000378. The Hall–Kier alpha value is -1.02. The van der Waals surface area contributed by atoms with Gasteiger partial charge in [-0.2, -0.15) is 0 Å². The zero-order valence-electron chi connectivity index (χ0n) is 13.8. The summed E-state index contributed by atoms with van der Waals surface area (Å²) in [6.07, 6.45) is 14.6. The predicted octanol–water partition coefficient (Wildman–Crippen LogP) is 4.39. The van der Waals surface area contributed by atoms with Gasteiger partial charge in [-0.25, -0.2) is 0 Å². The Balaban J connectivity index is 1.75. The Bertz CT molecular complexity index is 572. The lowest BCUT2D eigenvalue weighted by Gasteiger charge is -2.55. The third kappa shape index (κ3) is 1.71. The number of rotatable bonds is 1. The second-order valence-electron chi connectivity index (χ2n) is 8.40. The van der Waals surface area contributed by atoms with Crippen molar-refractivity contribution in [1.82, 2.24) is 0 Å². The van der Waals surface area contributed by atoms with Crippen LogP contribution in [0.2, 0.25) is 0 Å². The van der Waals surface area contributed by atoms with E-state index in [9.17, 15) is 10.2 Å². The normalized spacial score (nSPS) is 49.8. The first kappa shape index (κ1) is 14.6. The molecule has 0 aliphatic heterocycles. The molecular formula is C20H28O2. The molecule has 2 nitrogen and oxygen atoms in total. The van der Waals surface area contributed by atoms with Crippen LogP contribution >= 0.6 is 0 Å². The second kappa shape index (κ2) is 4.74. The molecule has 0 radical (unpaired) electrons. The highest BCUT2D eigenvalue weighted by Gasteiger charge is 2.57. The van der Waals surface area contributed by atoms with Gasteiger partial charge in [0.25, 0.3) is 0 Å². The van der Waals surface area contributed by atoms with E-state index >= 15 is 0 Å². The van der Waals surface area contributed by atoms with Crippen LogP contribution in [0.25, 0.3) is 0 Å². The largest absolute Gasteiger partial charge is 0.512 e. The van der Waals surface area contributed by atoms with Gasteiger partial charge in [0.2, 0.25) is 0 Å². The first-order chi connectivity index (χ1) is 10.5. The number of aliphatic hydroxyl groups is 2. The zero-order chi connectivity index (χ0) is 15.5. The maximum absolute atomic E-state index is 10.3. The van der Waals surface area contributed by atoms with Gasteiger partial charge in [-0.05, 0) is 60.3 Å². The van der Waals surface area contributed by atoms with E-state index in [1.54, 1.807) is 0 Å². The molecule has 0 bridgehead atoms.